The zero-order valence-electron chi connectivity index (χ0n) is 9.48. The largest absolute Gasteiger partial charge is 0.350 e. The van der Waals surface area contributed by atoms with E-state index in [1.54, 1.807) is 19.1 Å². The van der Waals surface area contributed by atoms with Crippen LogP contribution in [0.3, 0.4) is 0 Å². The van der Waals surface area contributed by atoms with Crippen molar-refractivity contribution in [1.29, 1.82) is 0 Å². The van der Waals surface area contributed by atoms with E-state index in [0.29, 0.717) is 11.1 Å². The molecule has 0 unspecified atom stereocenters. The Hall–Kier alpha value is -1.91. The number of aryl methyl sites for hydroxylation is 1. The lowest BCUT2D eigenvalue weighted by molar-refractivity contribution is -0.385. The number of nitro benzene ring substituents is 1. The third kappa shape index (κ3) is 2.79. The van der Waals surface area contributed by atoms with Gasteiger partial charge in [-0.1, -0.05) is 6.07 Å². The van der Waals surface area contributed by atoms with Gasteiger partial charge in [0.05, 0.1) is 4.92 Å². The lowest BCUT2D eigenvalue weighted by atomic mass is 10.1. The first-order valence-corrected chi connectivity index (χ1v) is 4.97. The molecule has 1 amide bonds. The van der Waals surface area contributed by atoms with Crippen LogP contribution >= 0.6 is 0 Å². The molecule has 0 heterocycles. The van der Waals surface area contributed by atoms with Gasteiger partial charge in [0.2, 0.25) is 0 Å². The van der Waals surface area contributed by atoms with Crippen molar-refractivity contribution < 1.29 is 9.72 Å². The van der Waals surface area contributed by atoms with Gasteiger partial charge in [0.1, 0.15) is 0 Å². The molecular formula is C11H14N2O3. The summed E-state index contributed by atoms with van der Waals surface area (Å²) in [6.07, 6.45) is 0. The van der Waals surface area contributed by atoms with Crippen molar-refractivity contribution in [2.24, 2.45) is 0 Å². The summed E-state index contributed by atoms with van der Waals surface area (Å²) in [5, 5.41) is 13.4. The summed E-state index contributed by atoms with van der Waals surface area (Å²) in [5.74, 6) is -0.293. The number of hydrogen-bond donors (Lipinski definition) is 1. The molecule has 0 saturated heterocycles. The fourth-order valence-electron chi connectivity index (χ4n) is 1.29. The molecule has 1 rings (SSSR count). The highest BCUT2D eigenvalue weighted by Crippen LogP contribution is 2.19. The minimum Gasteiger partial charge on any atom is -0.350 e. The number of hydrogen-bond acceptors (Lipinski definition) is 3. The molecule has 0 spiro atoms. The number of nitrogens with zero attached hydrogens (tertiary/aromatic N) is 1. The van der Waals surface area contributed by atoms with Crippen LogP contribution in [0, 0.1) is 17.0 Å². The van der Waals surface area contributed by atoms with E-state index in [1.165, 1.54) is 6.07 Å². The van der Waals surface area contributed by atoms with E-state index in [4.69, 9.17) is 0 Å². The summed E-state index contributed by atoms with van der Waals surface area (Å²) in [7, 11) is 0. The number of carbonyl (C=O) groups excluding carboxylic acids is 1. The molecule has 5 nitrogen and oxygen atoms in total. The number of amides is 1. The van der Waals surface area contributed by atoms with Gasteiger partial charge in [0.15, 0.2) is 0 Å². The highest BCUT2D eigenvalue weighted by atomic mass is 16.6. The van der Waals surface area contributed by atoms with Gasteiger partial charge in [0, 0.05) is 23.2 Å². The Labute approximate surface area is 93.6 Å². The molecule has 0 aliphatic carbocycles. The molecule has 0 aromatic heterocycles. The maximum absolute atomic E-state index is 11.6. The van der Waals surface area contributed by atoms with Gasteiger partial charge in [-0.05, 0) is 26.8 Å². The highest BCUT2D eigenvalue weighted by Gasteiger charge is 2.15. The van der Waals surface area contributed by atoms with E-state index in [1.807, 2.05) is 13.8 Å². The van der Waals surface area contributed by atoms with E-state index < -0.39 is 4.92 Å². The normalized spacial score (nSPS) is 10.2. The minimum absolute atomic E-state index is 0.00728. The van der Waals surface area contributed by atoms with Crippen LogP contribution in [0.1, 0.15) is 29.8 Å². The molecule has 16 heavy (non-hydrogen) atoms. The van der Waals surface area contributed by atoms with Crippen LogP contribution in [0.25, 0.3) is 0 Å². The number of rotatable bonds is 3. The third-order valence-electron chi connectivity index (χ3n) is 2.09. The van der Waals surface area contributed by atoms with E-state index in [-0.39, 0.29) is 17.6 Å². The molecule has 0 atom stereocenters. The zero-order valence-corrected chi connectivity index (χ0v) is 9.48. The first kappa shape index (κ1) is 12.2. The molecule has 0 radical (unpaired) electrons. The van der Waals surface area contributed by atoms with Crippen molar-refractivity contribution in [2.45, 2.75) is 26.8 Å². The Morgan fingerprint density at radius 1 is 1.44 bits per heavy atom. The van der Waals surface area contributed by atoms with Gasteiger partial charge in [-0.3, -0.25) is 14.9 Å². The molecule has 0 fully saturated rings. The monoisotopic (exact) mass is 222 g/mol. The van der Waals surface area contributed by atoms with Gasteiger partial charge in [-0.15, -0.1) is 0 Å². The van der Waals surface area contributed by atoms with Crippen LogP contribution in [0.4, 0.5) is 5.69 Å². The fourth-order valence-corrected chi connectivity index (χ4v) is 1.29. The second kappa shape index (κ2) is 4.74. The van der Waals surface area contributed by atoms with E-state index in [2.05, 4.69) is 5.32 Å². The molecule has 1 N–H and O–H groups in total. The minimum atomic E-state index is -0.485. The Morgan fingerprint density at radius 3 is 2.56 bits per heavy atom. The van der Waals surface area contributed by atoms with E-state index >= 15 is 0 Å². The lowest BCUT2D eigenvalue weighted by Gasteiger charge is -2.08. The lowest BCUT2D eigenvalue weighted by Crippen LogP contribution is -2.30. The average molecular weight is 222 g/mol. The molecule has 0 aliphatic rings. The van der Waals surface area contributed by atoms with Crippen LogP contribution in [0.2, 0.25) is 0 Å². The molecule has 86 valence electrons. The summed E-state index contributed by atoms with van der Waals surface area (Å²) in [5.41, 5.74) is 0.827. The van der Waals surface area contributed by atoms with Crippen LogP contribution in [-0.2, 0) is 0 Å². The standard InChI is InChI=1S/C11H14N2O3/c1-7(2)12-11(14)9-5-4-8(3)10(6-9)13(15)16/h4-7H,1-3H3,(H,12,14). The quantitative estimate of drug-likeness (QED) is 0.628. The van der Waals surface area contributed by atoms with Gasteiger partial charge in [-0.25, -0.2) is 0 Å². The van der Waals surface area contributed by atoms with Gasteiger partial charge in [0.25, 0.3) is 11.6 Å². The van der Waals surface area contributed by atoms with Crippen molar-refractivity contribution in [3.05, 3.63) is 39.4 Å². The van der Waals surface area contributed by atoms with Gasteiger partial charge >= 0.3 is 0 Å². The summed E-state index contributed by atoms with van der Waals surface area (Å²) >= 11 is 0. The maximum atomic E-state index is 11.6. The van der Waals surface area contributed by atoms with Gasteiger partial charge in [-0.2, -0.15) is 0 Å². The van der Waals surface area contributed by atoms with Crippen molar-refractivity contribution in [3.8, 4) is 0 Å². The Kier molecular flexibility index (Phi) is 3.60. The molecule has 1 aromatic carbocycles. The SMILES string of the molecule is Cc1ccc(C(=O)NC(C)C)cc1[N+](=O)[O-]. The smallest absolute Gasteiger partial charge is 0.273 e. The van der Waals surface area contributed by atoms with E-state index in [0.717, 1.165) is 0 Å². The maximum Gasteiger partial charge on any atom is 0.273 e. The number of carbonyl (C=O) groups is 1. The fraction of sp³-hybridized carbons (Fsp3) is 0.364. The second-order valence-corrected chi connectivity index (χ2v) is 3.89. The van der Waals surface area contributed by atoms with Crippen molar-refractivity contribution >= 4 is 11.6 Å². The molecule has 5 heteroatoms. The molecular weight excluding hydrogens is 208 g/mol. The predicted octanol–water partition coefficient (Wildman–Crippen LogP) is 2.04. The predicted molar refractivity (Wildman–Crippen MR) is 60.4 cm³/mol. The second-order valence-electron chi connectivity index (χ2n) is 3.89. The first-order valence-electron chi connectivity index (χ1n) is 4.97. The van der Waals surface area contributed by atoms with Crippen LogP contribution in [-0.4, -0.2) is 16.9 Å². The number of nitro groups is 1. The van der Waals surface area contributed by atoms with Crippen LogP contribution in [0.15, 0.2) is 18.2 Å². The molecule has 0 saturated carbocycles. The summed E-state index contributed by atoms with van der Waals surface area (Å²) < 4.78 is 0. The highest BCUT2D eigenvalue weighted by molar-refractivity contribution is 5.95. The van der Waals surface area contributed by atoms with Gasteiger partial charge < -0.3 is 5.32 Å². The van der Waals surface area contributed by atoms with Crippen molar-refractivity contribution in [1.82, 2.24) is 5.32 Å². The van der Waals surface area contributed by atoms with Crippen molar-refractivity contribution in [3.63, 3.8) is 0 Å². The molecule has 1 aromatic rings. The topological polar surface area (TPSA) is 72.2 Å². The molecule has 0 aliphatic heterocycles. The van der Waals surface area contributed by atoms with Crippen LogP contribution < -0.4 is 5.32 Å². The average Bonchev–Trinajstić information content (AvgIpc) is 2.16. The summed E-state index contributed by atoms with van der Waals surface area (Å²) in [6, 6.07) is 4.47. The Morgan fingerprint density at radius 2 is 2.06 bits per heavy atom. The summed E-state index contributed by atoms with van der Waals surface area (Å²) in [6.45, 7) is 5.31. The number of nitrogens with one attached hydrogen (secondary N) is 1. The third-order valence-corrected chi connectivity index (χ3v) is 2.09. The van der Waals surface area contributed by atoms with Crippen LogP contribution in [0.5, 0.6) is 0 Å². The zero-order chi connectivity index (χ0) is 12.3. The Balaban J connectivity index is 3.03. The Bertz CT molecular complexity index is 427. The van der Waals surface area contributed by atoms with E-state index in [9.17, 15) is 14.9 Å². The number of benzene rings is 1. The van der Waals surface area contributed by atoms with Crippen molar-refractivity contribution in [2.75, 3.05) is 0 Å². The first-order chi connectivity index (χ1) is 7.41. The molecule has 0 bridgehead atoms. The summed E-state index contributed by atoms with van der Waals surface area (Å²) in [4.78, 5) is 21.8.